The predicted molar refractivity (Wildman–Crippen MR) is 84.4 cm³/mol. The number of benzene rings is 1. The molecule has 0 aliphatic heterocycles. The molecule has 2 atom stereocenters. The zero-order valence-electron chi connectivity index (χ0n) is 11.9. The van der Waals surface area contributed by atoms with Crippen LogP contribution < -0.4 is 5.32 Å². The van der Waals surface area contributed by atoms with Crippen LogP contribution in [-0.2, 0) is 0 Å². The molecule has 2 unspecified atom stereocenters. The molecule has 0 fully saturated rings. The van der Waals surface area contributed by atoms with E-state index in [0.717, 1.165) is 17.7 Å². The lowest BCUT2D eigenvalue weighted by Crippen LogP contribution is -2.19. The van der Waals surface area contributed by atoms with Crippen LogP contribution in [0.2, 0.25) is 5.15 Å². The van der Waals surface area contributed by atoms with Gasteiger partial charge in [-0.25, -0.2) is 4.98 Å². The lowest BCUT2D eigenvalue weighted by molar-refractivity contribution is 0.534. The van der Waals surface area contributed by atoms with Crippen molar-refractivity contribution in [2.45, 2.75) is 38.6 Å². The molecule has 1 aromatic heterocycles. The van der Waals surface area contributed by atoms with Crippen molar-refractivity contribution in [2.24, 2.45) is 0 Å². The molecule has 2 aromatic rings. The highest BCUT2D eigenvalue weighted by Gasteiger charge is 2.24. The Morgan fingerprint density at radius 1 is 1.20 bits per heavy atom. The summed E-state index contributed by atoms with van der Waals surface area (Å²) >= 11 is 5.98. The van der Waals surface area contributed by atoms with E-state index < -0.39 is 0 Å². The van der Waals surface area contributed by atoms with Gasteiger partial charge in [0.15, 0.2) is 0 Å². The van der Waals surface area contributed by atoms with Crippen LogP contribution in [0.15, 0.2) is 36.5 Å². The van der Waals surface area contributed by atoms with Gasteiger partial charge in [-0.3, -0.25) is 0 Å². The fourth-order valence-electron chi connectivity index (χ4n) is 2.99. The standard InChI is InChI=1S/C17H19ClN2/c1-11-7-8-16(15-6-4-3-5-14(11)15)20-13-9-12(2)17(18)19-10-13/h3-6,9-11,16,20H,7-8H2,1-2H3. The van der Waals surface area contributed by atoms with E-state index in [2.05, 4.69) is 47.6 Å². The summed E-state index contributed by atoms with van der Waals surface area (Å²) < 4.78 is 0. The van der Waals surface area contributed by atoms with Crippen LogP contribution in [0.25, 0.3) is 0 Å². The van der Waals surface area contributed by atoms with Gasteiger partial charge in [0, 0.05) is 0 Å². The maximum atomic E-state index is 5.98. The quantitative estimate of drug-likeness (QED) is 0.778. The Morgan fingerprint density at radius 3 is 2.70 bits per heavy atom. The van der Waals surface area contributed by atoms with E-state index in [1.54, 1.807) is 0 Å². The van der Waals surface area contributed by atoms with Crippen molar-refractivity contribution in [2.75, 3.05) is 5.32 Å². The van der Waals surface area contributed by atoms with Gasteiger partial charge in [0.2, 0.25) is 0 Å². The number of fused-ring (bicyclic) bond motifs is 1. The summed E-state index contributed by atoms with van der Waals surface area (Å²) in [6, 6.07) is 11.2. The first kappa shape index (κ1) is 13.4. The minimum Gasteiger partial charge on any atom is -0.377 e. The first-order valence-corrected chi connectivity index (χ1v) is 7.50. The van der Waals surface area contributed by atoms with Crippen molar-refractivity contribution >= 4 is 17.3 Å². The fraction of sp³-hybridized carbons (Fsp3) is 0.353. The molecule has 0 amide bonds. The largest absolute Gasteiger partial charge is 0.377 e. The van der Waals surface area contributed by atoms with Crippen LogP contribution in [-0.4, -0.2) is 4.98 Å². The molecule has 0 saturated carbocycles. The molecular weight excluding hydrogens is 268 g/mol. The molecule has 104 valence electrons. The van der Waals surface area contributed by atoms with Crippen molar-refractivity contribution < 1.29 is 0 Å². The molecule has 20 heavy (non-hydrogen) atoms. The average molecular weight is 287 g/mol. The number of nitrogens with zero attached hydrogens (tertiary/aromatic N) is 1. The molecule has 2 nitrogen and oxygen atoms in total. The number of rotatable bonds is 2. The van der Waals surface area contributed by atoms with Crippen LogP contribution in [0.1, 0.15) is 48.4 Å². The second-order valence-corrected chi connectivity index (χ2v) is 5.99. The fourth-order valence-corrected chi connectivity index (χ4v) is 3.10. The first-order chi connectivity index (χ1) is 9.65. The van der Waals surface area contributed by atoms with Gasteiger partial charge in [-0.2, -0.15) is 0 Å². The topological polar surface area (TPSA) is 24.9 Å². The average Bonchev–Trinajstić information content (AvgIpc) is 2.46. The molecule has 0 saturated heterocycles. The molecule has 3 heteroatoms. The third-order valence-corrected chi connectivity index (χ3v) is 4.54. The number of pyridine rings is 1. The molecule has 1 aliphatic carbocycles. The van der Waals surface area contributed by atoms with Gasteiger partial charge in [0.25, 0.3) is 0 Å². The van der Waals surface area contributed by atoms with Crippen molar-refractivity contribution in [3.63, 3.8) is 0 Å². The Labute approximate surface area is 125 Å². The van der Waals surface area contributed by atoms with E-state index in [9.17, 15) is 0 Å². The Bertz CT molecular complexity index is 624. The number of hydrogen-bond donors (Lipinski definition) is 1. The van der Waals surface area contributed by atoms with Crippen molar-refractivity contribution in [1.82, 2.24) is 4.98 Å². The molecule has 0 radical (unpaired) electrons. The highest BCUT2D eigenvalue weighted by Crippen LogP contribution is 2.38. The van der Waals surface area contributed by atoms with Gasteiger partial charge in [-0.1, -0.05) is 42.8 Å². The number of nitrogens with one attached hydrogen (secondary N) is 1. The van der Waals surface area contributed by atoms with E-state index in [1.807, 2.05) is 13.1 Å². The Morgan fingerprint density at radius 2 is 1.95 bits per heavy atom. The third-order valence-electron chi connectivity index (χ3n) is 4.15. The van der Waals surface area contributed by atoms with Crippen molar-refractivity contribution in [1.29, 1.82) is 0 Å². The molecule has 1 N–H and O–H groups in total. The molecular formula is C17H19ClN2. The highest BCUT2D eigenvalue weighted by molar-refractivity contribution is 6.30. The molecule has 1 aliphatic rings. The normalized spacial score (nSPS) is 21.4. The van der Waals surface area contributed by atoms with Crippen LogP contribution in [0.3, 0.4) is 0 Å². The maximum Gasteiger partial charge on any atom is 0.132 e. The summed E-state index contributed by atoms with van der Waals surface area (Å²) in [7, 11) is 0. The number of aromatic nitrogens is 1. The summed E-state index contributed by atoms with van der Waals surface area (Å²) in [4.78, 5) is 4.22. The Kier molecular flexibility index (Phi) is 3.66. The maximum absolute atomic E-state index is 5.98. The van der Waals surface area contributed by atoms with E-state index in [0.29, 0.717) is 17.1 Å². The zero-order chi connectivity index (χ0) is 14.1. The van der Waals surface area contributed by atoms with E-state index >= 15 is 0 Å². The number of anilines is 1. The highest BCUT2D eigenvalue weighted by atomic mass is 35.5. The lowest BCUT2D eigenvalue weighted by Gasteiger charge is -2.31. The monoisotopic (exact) mass is 286 g/mol. The Hall–Kier alpha value is -1.54. The van der Waals surface area contributed by atoms with Crippen molar-refractivity contribution in [3.05, 3.63) is 58.4 Å². The van der Waals surface area contributed by atoms with E-state index in [1.165, 1.54) is 17.5 Å². The predicted octanol–water partition coefficient (Wildman–Crippen LogP) is 5.09. The smallest absolute Gasteiger partial charge is 0.132 e. The third kappa shape index (κ3) is 2.53. The minimum absolute atomic E-state index is 0.366. The molecule has 3 rings (SSSR count). The summed E-state index contributed by atoms with van der Waals surface area (Å²) in [5.41, 5.74) is 4.93. The van der Waals surface area contributed by atoms with Gasteiger partial charge in [-0.05, 0) is 48.4 Å². The van der Waals surface area contributed by atoms with Crippen molar-refractivity contribution in [3.8, 4) is 0 Å². The van der Waals surface area contributed by atoms with E-state index in [4.69, 9.17) is 11.6 Å². The molecule has 1 aromatic carbocycles. The summed E-state index contributed by atoms with van der Waals surface area (Å²) in [5, 5.41) is 4.18. The van der Waals surface area contributed by atoms with Gasteiger partial charge in [0.05, 0.1) is 17.9 Å². The van der Waals surface area contributed by atoms with Crippen LogP contribution in [0, 0.1) is 6.92 Å². The summed E-state index contributed by atoms with van der Waals surface area (Å²) in [6.45, 7) is 4.29. The van der Waals surface area contributed by atoms with Crippen LogP contribution >= 0.6 is 11.6 Å². The summed E-state index contributed by atoms with van der Waals surface area (Å²) in [5.74, 6) is 0.648. The van der Waals surface area contributed by atoms with E-state index in [-0.39, 0.29) is 0 Å². The lowest BCUT2D eigenvalue weighted by atomic mass is 9.81. The second kappa shape index (κ2) is 5.45. The van der Waals surface area contributed by atoms with Gasteiger partial charge < -0.3 is 5.32 Å². The zero-order valence-corrected chi connectivity index (χ0v) is 12.6. The Balaban J connectivity index is 1.88. The SMILES string of the molecule is Cc1cc(NC2CCC(C)c3ccccc32)cnc1Cl. The van der Waals surface area contributed by atoms with Crippen LogP contribution in [0.4, 0.5) is 5.69 Å². The van der Waals surface area contributed by atoms with Crippen LogP contribution in [0.5, 0.6) is 0 Å². The van der Waals surface area contributed by atoms with Gasteiger partial charge in [-0.15, -0.1) is 0 Å². The van der Waals surface area contributed by atoms with Gasteiger partial charge in [0.1, 0.15) is 5.15 Å². The minimum atomic E-state index is 0.366. The molecule has 0 spiro atoms. The number of halogens is 1. The number of hydrogen-bond acceptors (Lipinski definition) is 2. The molecule has 1 heterocycles. The number of aryl methyl sites for hydroxylation is 1. The first-order valence-electron chi connectivity index (χ1n) is 7.12. The second-order valence-electron chi connectivity index (χ2n) is 5.64. The van der Waals surface area contributed by atoms with Gasteiger partial charge >= 0.3 is 0 Å². The molecule has 0 bridgehead atoms. The summed E-state index contributed by atoms with van der Waals surface area (Å²) in [6.07, 6.45) is 4.19.